The smallest absolute Gasteiger partial charge is 0.0540 e. The highest BCUT2D eigenvalue weighted by Crippen LogP contribution is 2.51. The van der Waals surface area contributed by atoms with Crippen molar-refractivity contribution in [3.63, 3.8) is 0 Å². The van der Waals surface area contributed by atoms with Gasteiger partial charge in [0.25, 0.3) is 0 Å². The first-order chi connectivity index (χ1) is 26.5. The molecule has 0 radical (unpaired) electrons. The minimum Gasteiger partial charge on any atom is -0.310 e. The first kappa shape index (κ1) is 32.0. The number of rotatable bonds is 6. The summed E-state index contributed by atoms with van der Waals surface area (Å²) in [6.07, 6.45) is 0. The minimum absolute atomic E-state index is 0.0719. The first-order valence-corrected chi connectivity index (χ1v) is 18.8. The van der Waals surface area contributed by atoms with Gasteiger partial charge in [-0.25, -0.2) is 0 Å². The Morgan fingerprint density at radius 2 is 0.870 bits per heavy atom. The molecule has 0 aliphatic heterocycles. The molecule has 0 atom stereocenters. The lowest BCUT2D eigenvalue weighted by Gasteiger charge is -2.29. The molecule has 0 fully saturated rings. The minimum atomic E-state index is -0.0719. The molecule has 0 amide bonds. The van der Waals surface area contributed by atoms with Crippen LogP contribution in [0.2, 0.25) is 0 Å². The van der Waals surface area contributed by atoms with Crippen molar-refractivity contribution in [3.8, 4) is 44.5 Å². The quantitative estimate of drug-likeness (QED) is 0.157. The summed E-state index contributed by atoms with van der Waals surface area (Å²) in [6.45, 7) is 4.73. The summed E-state index contributed by atoms with van der Waals surface area (Å²) >= 11 is 0. The van der Waals surface area contributed by atoms with Gasteiger partial charge in [0.15, 0.2) is 0 Å². The van der Waals surface area contributed by atoms with Gasteiger partial charge in [-0.1, -0.05) is 172 Å². The second kappa shape index (κ2) is 12.8. The van der Waals surface area contributed by atoms with Crippen LogP contribution in [-0.4, -0.2) is 0 Å². The molecule has 0 saturated heterocycles. The summed E-state index contributed by atoms with van der Waals surface area (Å²) in [6, 6.07) is 73.4. The highest BCUT2D eigenvalue weighted by atomic mass is 15.1. The number of nitrogens with zero attached hydrogens (tertiary/aromatic N) is 1. The second-order valence-corrected chi connectivity index (χ2v) is 14.9. The van der Waals surface area contributed by atoms with E-state index in [0.717, 1.165) is 17.1 Å². The summed E-state index contributed by atoms with van der Waals surface area (Å²) < 4.78 is 0. The van der Waals surface area contributed by atoms with Crippen LogP contribution in [0.1, 0.15) is 25.0 Å². The van der Waals surface area contributed by atoms with Gasteiger partial charge in [0, 0.05) is 22.4 Å². The maximum atomic E-state index is 2.47. The van der Waals surface area contributed by atoms with Crippen LogP contribution in [0.5, 0.6) is 0 Å². The third-order valence-electron chi connectivity index (χ3n) is 11.5. The molecule has 9 aromatic carbocycles. The van der Waals surface area contributed by atoms with Crippen molar-refractivity contribution in [2.45, 2.75) is 19.3 Å². The van der Waals surface area contributed by atoms with Crippen LogP contribution in [0.25, 0.3) is 66.1 Å². The van der Waals surface area contributed by atoms with Crippen LogP contribution in [0.15, 0.2) is 200 Å². The van der Waals surface area contributed by atoms with Gasteiger partial charge in [-0.2, -0.15) is 0 Å². The molecule has 1 nitrogen and oxygen atoms in total. The van der Waals surface area contributed by atoms with Gasteiger partial charge in [0.1, 0.15) is 0 Å². The number of anilines is 3. The van der Waals surface area contributed by atoms with Crippen molar-refractivity contribution in [1.82, 2.24) is 0 Å². The zero-order valence-electron chi connectivity index (χ0n) is 30.5. The highest BCUT2D eigenvalue weighted by Gasteiger charge is 2.35. The molecule has 0 bridgehead atoms. The lowest BCUT2D eigenvalue weighted by atomic mass is 9.81. The topological polar surface area (TPSA) is 3.24 Å². The number of hydrogen-bond acceptors (Lipinski definition) is 1. The van der Waals surface area contributed by atoms with E-state index < -0.39 is 0 Å². The second-order valence-electron chi connectivity index (χ2n) is 14.9. The number of benzene rings is 9. The van der Waals surface area contributed by atoms with Gasteiger partial charge in [-0.05, 0) is 114 Å². The van der Waals surface area contributed by atoms with E-state index >= 15 is 0 Å². The van der Waals surface area contributed by atoms with Crippen LogP contribution < -0.4 is 4.90 Å². The number of para-hydroxylation sites is 1. The van der Waals surface area contributed by atoms with Crippen molar-refractivity contribution < 1.29 is 0 Å². The van der Waals surface area contributed by atoms with Crippen molar-refractivity contribution in [2.75, 3.05) is 4.90 Å². The van der Waals surface area contributed by atoms with E-state index in [1.807, 2.05) is 0 Å². The predicted molar refractivity (Wildman–Crippen MR) is 230 cm³/mol. The first-order valence-electron chi connectivity index (χ1n) is 18.8. The van der Waals surface area contributed by atoms with E-state index in [-0.39, 0.29) is 5.41 Å². The molecule has 0 heterocycles. The van der Waals surface area contributed by atoms with Crippen molar-refractivity contribution in [1.29, 1.82) is 0 Å². The predicted octanol–water partition coefficient (Wildman–Crippen LogP) is 14.8. The molecule has 10 rings (SSSR count). The lowest BCUT2D eigenvalue weighted by molar-refractivity contribution is 0.661. The molecule has 1 aliphatic carbocycles. The maximum Gasteiger partial charge on any atom is 0.0540 e. The molecular formula is C53H39N. The Morgan fingerprint density at radius 1 is 0.333 bits per heavy atom. The van der Waals surface area contributed by atoms with Gasteiger partial charge in [0.05, 0.1) is 5.69 Å². The van der Waals surface area contributed by atoms with Gasteiger partial charge < -0.3 is 4.90 Å². The summed E-state index contributed by atoms with van der Waals surface area (Å²) in [4.78, 5) is 2.44. The third-order valence-corrected chi connectivity index (χ3v) is 11.5. The molecule has 0 spiro atoms. The maximum absolute atomic E-state index is 2.47. The van der Waals surface area contributed by atoms with E-state index in [4.69, 9.17) is 0 Å². The molecule has 1 aliphatic rings. The zero-order valence-corrected chi connectivity index (χ0v) is 30.5. The molecule has 0 saturated carbocycles. The SMILES string of the molecule is CC1(C)c2ccccc2-c2cc3ccc4ccc(N(c5ccc(-c6ccccc6)cc5)c5ccccc5-c5ccccc5-c5ccccc5)cc4c3cc21. The zero-order chi connectivity index (χ0) is 36.2. The number of hydrogen-bond donors (Lipinski definition) is 0. The molecule has 9 aromatic rings. The van der Waals surface area contributed by atoms with E-state index in [0.29, 0.717) is 0 Å². The Balaban J connectivity index is 1.19. The lowest BCUT2D eigenvalue weighted by Crippen LogP contribution is -2.14. The highest BCUT2D eigenvalue weighted by molar-refractivity contribution is 6.11. The summed E-state index contributed by atoms with van der Waals surface area (Å²) in [7, 11) is 0. The Kier molecular flexibility index (Phi) is 7.56. The molecule has 1 heteroatoms. The normalized spacial score (nSPS) is 12.8. The summed E-state index contributed by atoms with van der Waals surface area (Å²) in [5.74, 6) is 0. The fourth-order valence-electron chi connectivity index (χ4n) is 8.72. The monoisotopic (exact) mass is 689 g/mol. The summed E-state index contributed by atoms with van der Waals surface area (Å²) in [5, 5.41) is 5.05. The fraction of sp³-hybridized carbons (Fsp3) is 0.0566. The molecule has 54 heavy (non-hydrogen) atoms. The van der Waals surface area contributed by atoms with Crippen molar-refractivity contribution in [3.05, 3.63) is 211 Å². The van der Waals surface area contributed by atoms with E-state index in [1.165, 1.54) is 77.2 Å². The standard InChI is InChI=1S/C53H39N/c1-53(2)50-23-13-11-21-45(50)49-33-40-26-25-39-29-32-42(34-47(39)48(40)35-51(49)53)54(41-30-27-37(28-31-41)36-15-5-3-6-16-36)52-24-14-12-22-46(52)44-20-10-9-19-43(44)38-17-7-4-8-18-38/h3-35H,1-2H3. The Bertz CT molecular complexity index is 2830. The fourth-order valence-corrected chi connectivity index (χ4v) is 8.72. The van der Waals surface area contributed by atoms with Crippen molar-refractivity contribution in [2.24, 2.45) is 0 Å². The van der Waals surface area contributed by atoms with Gasteiger partial charge in [-0.15, -0.1) is 0 Å². The molecule has 0 N–H and O–H groups in total. The van der Waals surface area contributed by atoms with Gasteiger partial charge >= 0.3 is 0 Å². The average Bonchev–Trinajstić information content (AvgIpc) is 3.46. The molecule has 256 valence electrons. The van der Waals surface area contributed by atoms with E-state index in [1.54, 1.807) is 0 Å². The van der Waals surface area contributed by atoms with Crippen LogP contribution in [0, 0.1) is 0 Å². The Hall–Kier alpha value is -6.70. The van der Waals surface area contributed by atoms with Crippen LogP contribution in [0.3, 0.4) is 0 Å². The molecular weight excluding hydrogens is 651 g/mol. The van der Waals surface area contributed by atoms with Crippen LogP contribution in [-0.2, 0) is 5.41 Å². The Morgan fingerprint density at radius 3 is 1.63 bits per heavy atom. The third kappa shape index (κ3) is 5.24. The Labute approximate surface area is 317 Å². The molecule has 0 aromatic heterocycles. The largest absolute Gasteiger partial charge is 0.310 e. The van der Waals surface area contributed by atoms with Gasteiger partial charge in [0.2, 0.25) is 0 Å². The van der Waals surface area contributed by atoms with Crippen LogP contribution >= 0.6 is 0 Å². The van der Waals surface area contributed by atoms with Gasteiger partial charge in [-0.3, -0.25) is 0 Å². The number of fused-ring (bicyclic) bond motifs is 6. The summed E-state index contributed by atoms with van der Waals surface area (Å²) in [5.41, 5.74) is 16.0. The molecule has 0 unspecified atom stereocenters. The average molecular weight is 690 g/mol. The van der Waals surface area contributed by atoms with E-state index in [9.17, 15) is 0 Å². The van der Waals surface area contributed by atoms with Crippen LogP contribution in [0.4, 0.5) is 17.1 Å². The van der Waals surface area contributed by atoms with Crippen molar-refractivity contribution >= 4 is 38.6 Å². The van der Waals surface area contributed by atoms with E-state index in [2.05, 4.69) is 219 Å².